The maximum atomic E-state index is 13.0. The summed E-state index contributed by atoms with van der Waals surface area (Å²) in [4.78, 5) is 16.7. The van der Waals surface area contributed by atoms with Gasteiger partial charge in [0, 0.05) is 18.0 Å². The lowest BCUT2D eigenvalue weighted by Gasteiger charge is -2.19. The Morgan fingerprint density at radius 3 is 2.67 bits per heavy atom. The maximum Gasteiger partial charge on any atom is 0.268 e. The molecule has 5 heteroatoms. The summed E-state index contributed by atoms with van der Waals surface area (Å²) in [6, 6.07) is 14.8. The molecule has 142 valence electrons. The Balaban J connectivity index is 1.59. The van der Waals surface area contributed by atoms with E-state index in [1.165, 1.54) is 28.0 Å². The fraction of sp³-hybridized carbons (Fsp3) is 0.409. The van der Waals surface area contributed by atoms with E-state index in [-0.39, 0.29) is 11.9 Å². The molecular formula is C22H27N3OS. The first-order valence-electron chi connectivity index (χ1n) is 9.80. The van der Waals surface area contributed by atoms with Crippen molar-refractivity contribution in [1.29, 1.82) is 0 Å². The summed E-state index contributed by atoms with van der Waals surface area (Å²) in [7, 11) is 0. The highest BCUT2D eigenvalue weighted by molar-refractivity contribution is 7.19. The minimum atomic E-state index is 0.0260. The van der Waals surface area contributed by atoms with Gasteiger partial charge in [0.15, 0.2) is 0 Å². The number of aromatic nitrogens is 1. The van der Waals surface area contributed by atoms with Gasteiger partial charge in [-0.1, -0.05) is 30.3 Å². The third-order valence-electron chi connectivity index (χ3n) is 5.46. The summed E-state index contributed by atoms with van der Waals surface area (Å²) < 4.78 is 3.37. The maximum absolute atomic E-state index is 13.0. The number of likely N-dealkylation sites (tertiary alicyclic amines) is 1. The van der Waals surface area contributed by atoms with Crippen LogP contribution in [0.5, 0.6) is 0 Å². The van der Waals surface area contributed by atoms with Crippen LogP contribution in [0.15, 0.2) is 42.5 Å². The van der Waals surface area contributed by atoms with Crippen molar-refractivity contribution in [3.63, 3.8) is 0 Å². The van der Waals surface area contributed by atoms with Crippen molar-refractivity contribution in [2.45, 2.75) is 32.7 Å². The van der Waals surface area contributed by atoms with E-state index >= 15 is 0 Å². The van der Waals surface area contributed by atoms with E-state index in [1.807, 2.05) is 6.07 Å². The van der Waals surface area contributed by atoms with E-state index < -0.39 is 0 Å². The molecule has 2 aromatic heterocycles. The number of amides is 1. The van der Waals surface area contributed by atoms with E-state index in [0.29, 0.717) is 6.54 Å². The molecule has 3 aromatic rings. The normalized spacial score (nSPS) is 16.1. The van der Waals surface area contributed by atoms with Crippen LogP contribution in [-0.4, -0.2) is 41.6 Å². The number of carbonyl (C=O) groups excluding carboxylic acids is 1. The number of carbonyl (C=O) groups is 1. The number of thiophene rings is 1. The highest BCUT2D eigenvalue weighted by atomic mass is 32.1. The van der Waals surface area contributed by atoms with Gasteiger partial charge >= 0.3 is 0 Å². The molecule has 0 unspecified atom stereocenters. The Labute approximate surface area is 164 Å². The Morgan fingerprint density at radius 2 is 1.93 bits per heavy atom. The van der Waals surface area contributed by atoms with Gasteiger partial charge < -0.3 is 14.8 Å². The number of nitrogens with one attached hydrogen (secondary N) is 1. The van der Waals surface area contributed by atoms with Crippen molar-refractivity contribution >= 4 is 27.5 Å². The molecule has 1 amide bonds. The lowest BCUT2D eigenvalue weighted by atomic mass is 10.1. The second kappa shape index (κ2) is 7.87. The molecule has 0 bridgehead atoms. The number of aryl methyl sites for hydroxylation is 1. The zero-order valence-electron chi connectivity index (χ0n) is 16.1. The average molecular weight is 382 g/mol. The third kappa shape index (κ3) is 3.80. The molecule has 0 radical (unpaired) electrons. The van der Waals surface area contributed by atoms with Crippen molar-refractivity contribution in [3.8, 4) is 0 Å². The van der Waals surface area contributed by atoms with Crippen LogP contribution in [0.3, 0.4) is 0 Å². The zero-order valence-corrected chi connectivity index (χ0v) is 16.9. The average Bonchev–Trinajstić information content (AvgIpc) is 3.38. The van der Waals surface area contributed by atoms with Gasteiger partial charge in [0.25, 0.3) is 5.91 Å². The van der Waals surface area contributed by atoms with Crippen LogP contribution < -0.4 is 5.32 Å². The van der Waals surface area contributed by atoms with Gasteiger partial charge in [0.2, 0.25) is 0 Å². The predicted octanol–water partition coefficient (Wildman–Crippen LogP) is 4.45. The van der Waals surface area contributed by atoms with Crippen molar-refractivity contribution < 1.29 is 4.79 Å². The molecule has 27 heavy (non-hydrogen) atoms. The van der Waals surface area contributed by atoms with Crippen LogP contribution >= 0.6 is 11.3 Å². The molecule has 0 saturated carbocycles. The lowest BCUT2D eigenvalue weighted by molar-refractivity contribution is 0.0940. The van der Waals surface area contributed by atoms with E-state index in [2.05, 4.69) is 65.0 Å². The molecule has 1 saturated heterocycles. The van der Waals surface area contributed by atoms with Crippen LogP contribution in [0.25, 0.3) is 10.2 Å². The molecule has 0 aliphatic carbocycles. The predicted molar refractivity (Wildman–Crippen MR) is 113 cm³/mol. The van der Waals surface area contributed by atoms with Crippen molar-refractivity contribution in [3.05, 3.63) is 58.6 Å². The van der Waals surface area contributed by atoms with Crippen LogP contribution in [0.2, 0.25) is 0 Å². The second-order valence-electron chi connectivity index (χ2n) is 7.40. The molecule has 0 spiro atoms. The minimum absolute atomic E-state index is 0.0260. The number of hydrogen-bond donors (Lipinski definition) is 1. The summed E-state index contributed by atoms with van der Waals surface area (Å²) >= 11 is 1.75. The van der Waals surface area contributed by atoms with Gasteiger partial charge in [0.05, 0.1) is 16.3 Å². The number of benzene rings is 1. The molecule has 1 aliphatic rings. The fourth-order valence-corrected chi connectivity index (χ4v) is 4.98. The SMILES string of the molecule is Cc1cc2c(cc(C(=O)NCCN3CCCC3)n2[C@@H](C)c2ccccc2)s1. The molecule has 1 N–H and O–H groups in total. The molecule has 1 atom stereocenters. The molecule has 1 fully saturated rings. The Morgan fingerprint density at radius 1 is 1.19 bits per heavy atom. The van der Waals surface area contributed by atoms with Crippen molar-refractivity contribution in [2.75, 3.05) is 26.2 Å². The summed E-state index contributed by atoms with van der Waals surface area (Å²) in [5, 5.41) is 3.14. The fourth-order valence-electron chi connectivity index (χ4n) is 4.03. The second-order valence-corrected chi connectivity index (χ2v) is 8.69. The van der Waals surface area contributed by atoms with Crippen molar-refractivity contribution in [2.24, 2.45) is 0 Å². The standard InChI is InChI=1S/C22H27N3OS/c1-16-14-19-21(27-16)15-20(22(26)23-10-13-24-11-6-7-12-24)25(19)17(2)18-8-4-3-5-9-18/h3-5,8-9,14-15,17H,6-7,10-13H2,1-2H3,(H,23,26)/t17-/m0/s1. The molecule has 3 heterocycles. The van der Waals surface area contributed by atoms with Gasteiger partial charge in [-0.2, -0.15) is 0 Å². The molecule has 1 aliphatic heterocycles. The highest BCUT2D eigenvalue weighted by Crippen LogP contribution is 2.33. The Bertz CT molecular complexity index is 922. The first-order chi connectivity index (χ1) is 13.1. The Kier molecular flexibility index (Phi) is 5.32. The van der Waals surface area contributed by atoms with Crippen molar-refractivity contribution in [1.82, 2.24) is 14.8 Å². The van der Waals surface area contributed by atoms with Crippen LogP contribution in [0.4, 0.5) is 0 Å². The lowest BCUT2D eigenvalue weighted by Crippen LogP contribution is -2.34. The zero-order chi connectivity index (χ0) is 18.8. The van der Waals surface area contributed by atoms with Gasteiger partial charge in [-0.25, -0.2) is 0 Å². The summed E-state index contributed by atoms with van der Waals surface area (Å²) in [6.07, 6.45) is 2.56. The van der Waals surface area contributed by atoms with E-state index in [1.54, 1.807) is 11.3 Å². The molecule has 4 rings (SSSR count). The number of nitrogens with zero attached hydrogens (tertiary/aromatic N) is 2. The van der Waals surface area contributed by atoms with Gasteiger partial charge in [-0.15, -0.1) is 11.3 Å². The van der Waals surface area contributed by atoms with E-state index in [0.717, 1.165) is 30.8 Å². The number of hydrogen-bond acceptors (Lipinski definition) is 3. The van der Waals surface area contributed by atoms with E-state index in [9.17, 15) is 4.79 Å². The first-order valence-corrected chi connectivity index (χ1v) is 10.6. The summed E-state index contributed by atoms with van der Waals surface area (Å²) in [5.74, 6) is 0.0260. The highest BCUT2D eigenvalue weighted by Gasteiger charge is 2.22. The van der Waals surface area contributed by atoms with Gasteiger partial charge in [-0.3, -0.25) is 4.79 Å². The largest absolute Gasteiger partial charge is 0.349 e. The minimum Gasteiger partial charge on any atom is -0.349 e. The van der Waals surface area contributed by atoms with Crippen LogP contribution in [-0.2, 0) is 0 Å². The van der Waals surface area contributed by atoms with Crippen LogP contribution in [0, 0.1) is 6.92 Å². The molecular weight excluding hydrogens is 354 g/mol. The quantitative estimate of drug-likeness (QED) is 0.685. The monoisotopic (exact) mass is 381 g/mol. The smallest absolute Gasteiger partial charge is 0.268 e. The van der Waals surface area contributed by atoms with Gasteiger partial charge in [-0.05, 0) is 57.5 Å². The first kappa shape index (κ1) is 18.3. The van der Waals surface area contributed by atoms with E-state index in [4.69, 9.17) is 0 Å². The Hall–Kier alpha value is -2.11. The third-order valence-corrected chi connectivity index (χ3v) is 6.45. The summed E-state index contributed by atoms with van der Waals surface area (Å²) in [5.41, 5.74) is 3.12. The van der Waals surface area contributed by atoms with Gasteiger partial charge in [0.1, 0.15) is 5.69 Å². The topological polar surface area (TPSA) is 37.3 Å². The number of rotatable bonds is 6. The molecule has 1 aromatic carbocycles. The van der Waals surface area contributed by atoms with Crippen LogP contribution in [0.1, 0.15) is 46.7 Å². The summed E-state index contributed by atoms with van der Waals surface area (Å²) in [6.45, 7) is 8.25. The molecule has 4 nitrogen and oxygen atoms in total. The number of fused-ring (bicyclic) bond motifs is 1.